The Morgan fingerprint density at radius 1 is 1.10 bits per heavy atom. The summed E-state index contributed by atoms with van der Waals surface area (Å²) < 4.78 is 0. The highest BCUT2D eigenvalue weighted by Crippen LogP contribution is 2.34. The third kappa shape index (κ3) is 5.41. The van der Waals surface area contributed by atoms with Crippen molar-refractivity contribution in [2.45, 2.75) is 64.3 Å². The Morgan fingerprint density at radius 3 is 2.53 bits per heavy atom. The van der Waals surface area contributed by atoms with Crippen LogP contribution < -0.4 is 0 Å². The van der Waals surface area contributed by atoms with Gasteiger partial charge in [0, 0.05) is 32.5 Å². The lowest BCUT2D eigenvalue weighted by molar-refractivity contribution is -0.149. The van der Waals surface area contributed by atoms with Crippen LogP contribution in [0.15, 0.2) is 30.3 Å². The molecule has 3 atom stereocenters. The monoisotopic (exact) mass is 414 g/mol. The molecule has 2 unspecified atom stereocenters. The summed E-state index contributed by atoms with van der Waals surface area (Å²) >= 11 is 0. The Hall–Kier alpha value is -2.37. The van der Waals surface area contributed by atoms with E-state index in [2.05, 4.69) is 6.92 Å². The van der Waals surface area contributed by atoms with Gasteiger partial charge in [0.2, 0.25) is 11.8 Å². The lowest BCUT2D eigenvalue weighted by atomic mass is 9.88. The van der Waals surface area contributed by atoms with Crippen LogP contribution in [0, 0.1) is 11.8 Å². The van der Waals surface area contributed by atoms with Crippen molar-refractivity contribution in [1.82, 2.24) is 9.80 Å². The minimum atomic E-state index is -0.967. The Kier molecular flexibility index (Phi) is 7.88. The van der Waals surface area contributed by atoms with Crippen LogP contribution in [-0.2, 0) is 20.8 Å². The number of carbonyl (C=O) groups excluding carboxylic acids is 2. The van der Waals surface area contributed by atoms with Gasteiger partial charge in [-0.05, 0) is 24.3 Å². The third-order valence-electron chi connectivity index (χ3n) is 6.57. The van der Waals surface area contributed by atoms with Gasteiger partial charge in [-0.1, -0.05) is 62.9 Å². The van der Waals surface area contributed by atoms with E-state index in [0.29, 0.717) is 32.5 Å². The maximum atomic E-state index is 13.1. The average Bonchev–Trinajstić information content (AvgIpc) is 3.08. The molecule has 164 valence electrons. The lowest BCUT2D eigenvalue weighted by Crippen LogP contribution is -2.46. The zero-order valence-corrected chi connectivity index (χ0v) is 18.0. The molecule has 0 aromatic heterocycles. The number of nitrogens with zero attached hydrogens (tertiary/aromatic N) is 2. The molecule has 0 saturated carbocycles. The van der Waals surface area contributed by atoms with Gasteiger partial charge in [0.25, 0.3) is 0 Å². The number of carboxylic acid groups (broad SMARTS) is 1. The number of likely N-dealkylation sites (tertiary alicyclic amines) is 2. The minimum absolute atomic E-state index is 0.108. The van der Waals surface area contributed by atoms with Crippen molar-refractivity contribution in [3.8, 4) is 0 Å². The molecule has 2 saturated heterocycles. The number of fused-ring (bicyclic) bond motifs is 1. The van der Waals surface area contributed by atoms with Crippen LogP contribution in [0.4, 0.5) is 0 Å². The van der Waals surface area contributed by atoms with Crippen molar-refractivity contribution in [1.29, 1.82) is 0 Å². The molecule has 6 heteroatoms. The number of amides is 2. The van der Waals surface area contributed by atoms with Gasteiger partial charge in [-0.2, -0.15) is 0 Å². The van der Waals surface area contributed by atoms with Crippen LogP contribution in [0.5, 0.6) is 0 Å². The molecule has 0 spiro atoms. The van der Waals surface area contributed by atoms with Crippen LogP contribution in [0.2, 0.25) is 0 Å². The summed E-state index contributed by atoms with van der Waals surface area (Å²) in [6.45, 7) is 3.76. The first-order valence-corrected chi connectivity index (χ1v) is 11.4. The van der Waals surface area contributed by atoms with Crippen LogP contribution in [0.1, 0.15) is 57.4 Å². The molecule has 0 aliphatic carbocycles. The minimum Gasteiger partial charge on any atom is -0.480 e. The highest BCUT2D eigenvalue weighted by atomic mass is 16.4. The number of piperidine rings is 1. The van der Waals surface area contributed by atoms with Crippen molar-refractivity contribution >= 4 is 17.8 Å². The van der Waals surface area contributed by atoms with Gasteiger partial charge in [0.1, 0.15) is 6.04 Å². The van der Waals surface area contributed by atoms with Gasteiger partial charge in [0.15, 0.2) is 0 Å². The van der Waals surface area contributed by atoms with Crippen molar-refractivity contribution in [3.63, 3.8) is 0 Å². The van der Waals surface area contributed by atoms with E-state index in [4.69, 9.17) is 0 Å². The summed E-state index contributed by atoms with van der Waals surface area (Å²) in [5.74, 6) is -1.06. The maximum absolute atomic E-state index is 13.1. The fourth-order valence-electron chi connectivity index (χ4n) is 4.77. The van der Waals surface area contributed by atoms with E-state index in [1.165, 1.54) is 19.3 Å². The predicted molar refractivity (Wildman–Crippen MR) is 115 cm³/mol. The molecular weight excluding hydrogens is 380 g/mol. The van der Waals surface area contributed by atoms with E-state index in [0.717, 1.165) is 24.8 Å². The first-order chi connectivity index (χ1) is 14.5. The molecule has 2 aliphatic rings. The number of benzene rings is 1. The van der Waals surface area contributed by atoms with E-state index in [-0.39, 0.29) is 23.7 Å². The zero-order chi connectivity index (χ0) is 21.5. The number of carbonyl (C=O) groups is 3. The number of hydrogen-bond acceptors (Lipinski definition) is 3. The number of rotatable bonds is 10. The molecule has 0 radical (unpaired) electrons. The fraction of sp³-hybridized carbons (Fsp3) is 0.625. The molecule has 2 amide bonds. The van der Waals surface area contributed by atoms with Crippen LogP contribution in [0.3, 0.4) is 0 Å². The Balaban J connectivity index is 1.58. The predicted octanol–water partition coefficient (Wildman–Crippen LogP) is 3.35. The maximum Gasteiger partial charge on any atom is 0.326 e. The second kappa shape index (κ2) is 10.6. The molecule has 30 heavy (non-hydrogen) atoms. The first-order valence-electron chi connectivity index (χ1n) is 11.4. The molecule has 3 rings (SSSR count). The second-order valence-electron chi connectivity index (χ2n) is 8.69. The standard InChI is InChI=1S/C24H34N2O4/c1-2-3-4-5-9-12-22(27)25-14-13-19-16-26(23(28)20(19)17-25)21(24(29)30)15-18-10-7-6-8-11-18/h6-8,10-11,19-21H,2-5,9,12-17H2,1H3,(H,29,30)/t19?,20?,21-/m0/s1. The molecule has 6 nitrogen and oxygen atoms in total. The van der Waals surface area contributed by atoms with Gasteiger partial charge >= 0.3 is 5.97 Å². The van der Waals surface area contributed by atoms with E-state index in [1.54, 1.807) is 4.90 Å². The number of hydrogen-bond donors (Lipinski definition) is 1. The summed E-state index contributed by atoms with van der Waals surface area (Å²) in [5, 5.41) is 9.79. The summed E-state index contributed by atoms with van der Waals surface area (Å²) in [7, 11) is 0. The molecular formula is C24H34N2O4. The summed E-state index contributed by atoms with van der Waals surface area (Å²) in [6.07, 6.45) is 7.16. The summed E-state index contributed by atoms with van der Waals surface area (Å²) in [5.41, 5.74) is 0.910. The number of aliphatic carboxylic acids is 1. The summed E-state index contributed by atoms with van der Waals surface area (Å²) in [6, 6.07) is 8.59. The second-order valence-corrected chi connectivity index (χ2v) is 8.69. The molecule has 0 bridgehead atoms. The SMILES string of the molecule is CCCCCCCC(=O)N1CCC2CN([C@@H](Cc3ccccc3)C(=O)O)C(=O)C2C1. The Labute approximate surface area is 179 Å². The zero-order valence-electron chi connectivity index (χ0n) is 18.0. The highest BCUT2D eigenvalue weighted by molar-refractivity contribution is 5.88. The van der Waals surface area contributed by atoms with Crippen molar-refractivity contribution in [2.24, 2.45) is 11.8 Å². The van der Waals surface area contributed by atoms with Crippen LogP contribution in [0.25, 0.3) is 0 Å². The topological polar surface area (TPSA) is 77.9 Å². The van der Waals surface area contributed by atoms with Gasteiger partial charge < -0.3 is 14.9 Å². The largest absolute Gasteiger partial charge is 0.480 e. The van der Waals surface area contributed by atoms with E-state index >= 15 is 0 Å². The van der Waals surface area contributed by atoms with Crippen LogP contribution >= 0.6 is 0 Å². The lowest BCUT2D eigenvalue weighted by Gasteiger charge is -2.33. The van der Waals surface area contributed by atoms with E-state index < -0.39 is 12.0 Å². The molecule has 1 aromatic carbocycles. The quantitative estimate of drug-likeness (QED) is 0.596. The first kappa shape index (κ1) is 22.3. The Bertz CT molecular complexity index is 736. The van der Waals surface area contributed by atoms with E-state index in [9.17, 15) is 19.5 Å². The molecule has 1 aromatic rings. The van der Waals surface area contributed by atoms with Gasteiger partial charge in [-0.25, -0.2) is 4.79 Å². The molecule has 2 aliphatic heterocycles. The molecule has 2 fully saturated rings. The third-order valence-corrected chi connectivity index (χ3v) is 6.57. The normalized spacial score (nSPS) is 22.1. The van der Waals surface area contributed by atoms with Crippen molar-refractivity contribution in [3.05, 3.63) is 35.9 Å². The number of carboxylic acids is 1. The van der Waals surface area contributed by atoms with Crippen molar-refractivity contribution < 1.29 is 19.5 Å². The van der Waals surface area contributed by atoms with Gasteiger partial charge in [-0.15, -0.1) is 0 Å². The van der Waals surface area contributed by atoms with Crippen molar-refractivity contribution in [2.75, 3.05) is 19.6 Å². The smallest absolute Gasteiger partial charge is 0.326 e. The van der Waals surface area contributed by atoms with Gasteiger partial charge in [0.05, 0.1) is 5.92 Å². The number of unbranched alkanes of at least 4 members (excludes halogenated alkanes) is 4. The molecule has 1 N–H and O–H groups in total. The summed E-state index contributed by atoms with van der Waals surface area (Å²) in [4.78, 5) is 41.0. The average molecular weight is 415 g/mol. The van der Waals surface area contributed by atoms with Crippen LogP contribution in [-0.4, -0.2) is 58.4 Å². The molecule has 2 heterocycles. The van der Waals surface area contributed by atoms with Gasteiger partial charge in [-0.3, -0.25) is 9.59 Å². The Morgan fingerprint density at radius 2 is 1.83 bits per heavy atom. The van der Waals surface area contributed by atoms with E-state index in [1.807, 2.05) is 35.2 Å². The highest BCUT2D eigenvalue weighted by Gasteiger charge is 2.47. The fourth-order valence-corrected chi connectivity index (χ4v) is 4.77.